The highest BCUT2D eigenvalue weighted by molar-refractivity contribution is 5.81. The van der Waals surface area contributed by atoms with Gasteiger partial charge in [0.05, 0.1) is 11.7 Å². The van der Waals surface area contributed by atoms with Gasteiger partial charge in [-0.15, -0.1) is 5.10 Å². The molecule has 0 amide bonds. The van der Waals surface area contributed by atoms with Crippen LogP contribution in [0, 0.1) is 11.6 Å². The van der Waals surface area contributed by atoms with E-state index < -0.39 is 11.6 Å². The Hall–Kier alpha value is -3.57. The predicted octanol–water partition coefficient (Wildman–Crippen LogP) is 3.46. The van der Waals surface area contributed by atoms with Crippen molar-refractivity contribution >= 4 is 22.8 Å². The van der Waals surface area contributed by atoms with Crippen molar-refractivity contribution < 1.29 is 8.78 Å². The molecule has 0 bridgehead atoms. The van der Waals surface area contributed by atoms with E-state index in [9.17, 15) is 8.78 Å². The van der Waals surface area contributed by atoms with Crippen LogP contribution in [0.15, 0.2) is 30.5 Å². The SMILES string of the molecule is CNCCN1CCc2nc(Nc3ncc(F)c(-c4cc(F)c5nnn(C(C)C)c5c4)n3)ccc2C1. The van der Waals surface area contributed by atoms with E-state index in [-0.39, 0.29) is 28.8 Å². The Balaban J connectivity index is 1.41. The Morgan fingerprint density at radius 3 is 2.77 bits per heavy atom. The van der Waals surface area contributed by atoms with Gasteiger partial charge in [-0.05, 0) is 44.7 Å². The predicted molar refractivity (Wildman–Crippen MR) is 129 cm³/mol. The molecule has 2 N–H and O–H groups in total. The summed E-state index contributed by atoms with van der Waals surface area (Å²) in [6, 6.07) is 6.74. The van der Waals surface area contributed by atoms with Crippen molar-refractivity contribution in [2.45, 2.75) is 32.9 Å². The molecule has 0 saturated carbocycles. The third kappa shape index (κ3) is 4.69. The number of fused-ring (bicyclic) bond motifs is 2. The highest BCUT2D eigenvalue weighted by Gasteiger charge is 2.19. The molecule has 11 heteroatoms. The van der Waals surface area contributed by atoms with Gasteiger partial charge < -0.3 is 10.6 Å². The quantitative estimate of drug-likeness (QED) is 0.416. The molecule has 1 aliphatic heterocycles. The highest BCUT2D eigenvalue weighted by Crippen LogP contribution is 2.29. The Morgan fingerprint density at radius 2 is 1.97 bits per heavy atom. The highest BCUT2D eigenvalue weighted by atomic mass is 19.1. The van der Waals surface area contributed by atoms with Crippen molar-refractivity contribution in [1.29, 1.82) is 0 Å². The molecule has 3 aromatic heterocycles. The number of likely N-dealkylation sites (N-methyl/N-ethyl adjacent to an activating group) is 1. The number of hydrogen-bond acceptors (Lipinski definition) is 8. The number of nitrogens with zero attached hydrogens (tertiary/aromatic N) is 7. The summed E-state index contributed by atoms with van der Waals surface area (Å²) < 4.78 is 31.0. The lowest BCUT2D eigenvalue weighted by molar-refractivity contribution is 0.254. The third-order valence-electron chi connectivity index (χ3n) is 6.08. The Labute approximate surface area is 201 Å². The zero-order valence-corrected chi connectivity index (χ0v) is 19.9. The fourth-order valence-corrected chi connectivity index (χ4v) is 4.27. The molecule has 5 rings (SSSR count). The van der Waals surface area contributed by atoms with Gasteiger partial charge in [-0.1, -0.05) is 11.3 Å². The fourth-order valence-electron chi connectivity index (χ4n) is 4.27. The molecule has 0 saturated heterocycles. The van der Waals surface area contributed by atoms with Crippen LogP contribution in [0.3, 0.4) is 0 Å². The van der Waals surface area contributed by atoms with Crippen molar-refractivity contribution in [2.24, 2.45) is 0 Å². The summed E-state index contributed by atoms with van der Waals surface area (Å²) in [5.41, 5.74) is 3.10. The van der Waals surface area contributed by atoms with E-state index in [4.69, 9.17) is 4.98 Å². The van der Waals surface area contributed by atoms with Crippen LogP contribution in [-0.2, 0) is 13.0 Å². The largest absolute Gasteiger partial charge is 0.318 e. The molecule has 4 heterocycles. The second kappa shape index (κ2) is 9.59. The maximum Gasteiger partial charge on any atom is 0.229 e. The molecule has 1 aromatic carbocycles. The number of rotatable bonds is 7. The Kier molecular flexibility index (Phi) is 6.35. The summed E-state index contributed by atoms with van der Waals surface area (Å²) in [6.45, 7) is 7.56. The minimum Gasteiger partial charge on any atom is -0.318 e. The van der Waals surface area contributed by atoms with Gasteiger partial charge in [-0.2, -0.15) is 0 Å². The molecular formula is C24H27F2N9. The van der Waals surface area contributed by atoms with Crippen LogP contribution in [0.2, 0.25) is 0 Å². The summed E-state index contributed by atoms with van der Waals surface area (Å²) in [4.78, 5) is 15.5. The summed E-state index contributed by atoms with van der Waals surface area (Å²) in [6.07, 6.45) is 1.92. The first-order valence-corrected chi connectivity index (χ1v) is 11.6. The van der Waals surface area contributed by atoms with Crippen molar-refractivity contribution in [3.8, 4) is 11.3 Å². The van der Waals surface area contributed by atoms with Gasteiger partial charge in [0.25, 0.3) is 0 Å². The second-order valence-corrected chi connectivity index (χ2v) is 8.90. The number of benzene rings is 1. The van der Waals surface area contributed by atoms with Gasteiger partial charge in [0.1, 0.15) is 17.0 Å². The zero-order valence-electron chi connectivity index (χ0n) is 19.9. The topological polar surface area (TPSA) is 96.7 Å². The van der Waals surface area contributed by atoms with E-state index in [1.165, 1.54) is 11.6 Å². The molecule has 35 heavy (non-hydrogen) atoms. The van der Waals surface area contributed by atoms with Gasteiger partial charge in [0, 0.05) is 49.9 Å². The van der Waals surface area contributed by atoms with Crippen molar-refractivity contribution in [3.05, 3.63) is 53.4 Å². The van der Waals surface area contributed by atoms with Gasteiger partial charge in [-0.25, -0.2) is 28.4 Å². The first-order valence-electron chi connectivity index (χ1n) is 11.6. The van der Waals surface area contributed by atoms with Gasteiger partial charge in [-0.3, -0.25) is 4.90 Å². The lowest BCUT2D eigenvalue weighted by atomic mass is 10.1. The van der Waals surface area contributed by atoms with Crippen molar-refractivity contribution in [2.75, 3.05) is 32.0 Å². The molecule has 0 atom stereocenters. The van der Waals surface area contributed by atoms with Crippen LogP contribution >= 0.6 is 0 Å². The third-order valence-corrected chi connectivity index (χ3v) is 6.08. The van der Waals surface area contributed by atoms with Crippen LogP contribution in [-0.4, -0.2) is 61.5 Å². The van der Waals surface area contributed by atoms with E-state index in [0.717, 1.165) is 44.5 Å². The molecule has 0 spiro atoms. The summed E-state index contributed by atoms with van der Waals surface area (Å²) in [7, 11) is 1.95. The molecule has 1 aliphatic rings. The van der Waals surface area contributed by atoms with Crippen LogP contribution in [0.5, 0.6) is 0 Å². The number of nitrogens with one attached hydrogen (secondary N) is 2. The molecule has 182 valence electrons. The van der Waals surface area contributed by atoms with Gasteiger partial charge in [0.15, 0.2) is 11.6 Å². The average Bonchev–Trinajstić information content (AvgIpc) is 3.29. The molecule has 4 aromatic rings. The standard InChI is InChI=1S/C24H27F2N9/c1-14(2)35-20-11-16(10-17(25)23(20)32-33-35)22-18(26)12-28-24(31-22)30-21-5-4-15-13-34(9-7-27-3)8-6-19(15)29-21/h4-5,10-12,14,27H,6-9,13H2,1-3H3,(H,28,29,30,31). The summed E-state index contributed by atoms with van der Waals surface area (Å²) in [5.74, 6) is -0.486. The van der Waals surface area contributed by atoms with E-state index >= 15 is 0 Å². The number of pyridine rings is 1. The van der Waals surface area contributed by atoms with Crippen LogP contribution in [0.4, 0.5) is 20.5 Å². The van der Waals surface area contributed by atoms with E-state index in [2.05, 4.69) is 35.8 Å². The number of anilines is 2. The molecule has 0 unspecified atom stereocenters. The number of halogens is 2. The summed E-state index contributed by atoms with van der Waals surface area (Å²) in [5, 5.41) is 14.2. The fraction of sp³-hybridized carbons (Fsp3) is 0.375. The molecule has 9 nitrogen and oxygen atoms in total. The van der Waals surface area contributed by atoms with E-state index in [1.54, 1.807) is 10.7 Å². The van der Waals surface area contributed by atoms with Gasteiger partial charge in [0.2, 0.25) is 5.95 Å². The maximum atomic E-state index is 14.7. The van der Waals surface area contributed by atoms with Crippen LogP contribution < -0.4 is 10.6 Å². The smallest absolute Gasteiger partial charge is 0.229 e. The summed E-state index contributed by atoms with van der Waals surface area (Å²) >= 11 is 0. The van der Waals surface area contributed by atoms with E-state index in [0.29, 0.717) is 11.3 Å². The first kappa shape index (κ1) is 23.2. The monoisotopic (exact) mass is 479 g/mol. The number of aromatic nitrogens is 6. The van der Waals surface area contributed by atoms with E-state index in [1.807, 2.05) is 33.0 Å². The second-order valence-electron chi connectivity index (χ2n) is 8.90. The molecular weight excluding hydrogens is 452 g/mol. The normalized spacial score (nSPS) is 14.0. The minimum atomic E-state index is -0.655. The molecule has 0 fully saturated rings. The maximum absolute atomic E-state index is 14.7. The minimum absolute atomic E-state index is 0.0158. The molecule has 0 radical (unpaired) electrons. The lowest BCUT2D eigenvalue weighted by Gasteiger charge is -2.28. The van der Waals surface area contributed by atoms with Crippen LogP contribution in [0.1, 0.15) is 31.1 Å². The van der Waals surface area contributed by atoms with Crippen molar-refractivity contribution in [3.63, 3.8) is 0 Å². The van der Waals surface area contributed by atoms with Gasteiger partial charge >= 0.3 is 0 Å². The van der Waals surface area contributed by atoms with Crippen LogP contribution in [0.25, 0.3) is 22.3 Å². The Morgan fingerprint density at radius 1 is 1.11 bits per heavy atom. The zero-order chi connectivity index (χ0) is 24.5. The lowest BCUT2D eigenvalue weighted by Crippen LogP contribution is -2.35. The molecule has 0 aliphatic carbocycles. The Bertz CT molecular complexity index is 1370. The van der Waals surface area contributed by atoms with Crippen molar-refractivity contribution in [1.82, 2.24) is 40.2 Å². The average molecular weight is 480 g/mol. The number of hydrogen-bond donors (Lipinski definition) is 2. The first-order chi connectivity index (χ1) is 16.9.